The van der Waals surface area contributed by atoms with Crippen molar-refractivity contribution in [3.05, 3.63) is 30.3 Å². The summed E-state index contributed by atoms with van der Waals surface area (Å²) in [5.74, 6) is -0.735. The highest BCUT2D eigenvalue weighted by atomic mass is 16.5. The number of hydrogen-bond donors (Lipinski definition) is 2. The number of carboxylic acids is 1. The molecule has 1 aromatic rings. The number of nitrogens with one attached hydrogen (secondary N) is 1. The quantitative estimate of drug-likeness (QED) is 0.820. The Morgan fingerprint density at radius 2 is 1.89 bits per heavy atom. The van der Waals surface area contributed by atoms with Crippen molar-refractivity contribution in [3.8, 4) is 5.75 Å². The van der Waals surface area contributed by atoms with E-state index < -0.39 is 17.4 Å². The number of ether oxygens (including phenoxy) is 1. The number of amides is 1. The van der Waals surface area contributed by atoms with Gasteiger partial charge in [-0.3, -0.25) is 9.59 Å². The van der Waals surface area contributed by atoms with Crippen LogP contribution in [0.2, 0.25) is 0 Å². The van der Waals surface area contributed by atoms with Gasteiger partial charge in [0.15, 0.2) is 0 Å². The van der Waals surface area contributed by atoms with Gasteiger partial charge in [-0.05, 0) is 32.9 Å². The first-order valence-corrected chi connectivity index (χ1v) is 6.04. The van der Waals surface area contributed by atoms with Crippen LogP contribution in [0.5, 0.6) is 5.75 Å². The first kappa shape index (κ1) is 15.0. The highest BCUT2D eigenvalue weighted by Gasteiger charge is 2.30. The highest BCUT2D eigenvalue weighted by Crippen LogP contribution is 2.19. The van der Waals surface area contributed by atoms with Crippen molar-refractivity contribution >= 4 is 11.9 Å². The molecule has 5 heteroatoms. The smallest absolute Gasteiger partial charge is 0.325 e. The zero-order chi connectivity index (χ0) is 14.5. The third kappa shape index (κ3) is 4.62. The van der Waals surface area contributed by atoms with Gasteiger partial charge in [0.2, 0.25) is 5.91 Å². The van der Waals surface area contributed by atoms with Crippen molar-refractivity contribution in [2.75, 3.05) is 6.61 Å². The molecule has 1 amide bonds. The average Bonchev–Trinajstić information content (AvgIpc) is 2.37. The molecule has 0 radical (unpaired) electrons. The maximum atomic E-state index is 11.9. The molecule has 1 rings (SSSR count). The summed E-state index contributed by atoms with van der Waals surface area (Å²) in [5.41, 5.74) is -0.806. The van der Waals surface area contributed by atoms with Crippen LogP contribution < -0.4 is 10.1 Å². The maximum absolute atomic E-state index is 11.9. The monoisotopic (exact) mass is 265 g/mol. The second kappa shape index (κ2) is 6.22. The van der Waals surface area contributed by atoms with Gasteiger partial charge in [0.1, 0.15) is 18.4 Å². The molecule has 1 atom stereocenters. The molecule has 2 N–H and O–H groups in total. The molecule has 0 bridgehead atoms. The number of hydrogen-bond acceptors (Lipinski definition) is 3. The minimum Gasteiger partial charge on any atom is -0.492 e. The summed E-state index contributed by atoms with van der Waals surface area (Å²) < 4.78 is 5.53. The van der Waals surface area contributed by atoms with E-state index in [9.17, 15) is 9.59 Å². The van der Waals surface area contributed by atoms with E-state index in [0.717, 1.165) is 0 Å². The number of para-hydroxylation sites is 1. The van der Waals surface area contributed by atoms with Crippen LogP contribution in [0, 0.1) is 5.41 Å². The molecular formula is C14H19NO4. The van der Waals surface area contributed by atoms with Crippen LogP contribution in [-0.2, 0) is 9.59 Å². The van der Waals surface area contributed by atoms with E-state index >= 15 is 0 Å². The molecule has 0 saturated heterocycles. The fraction of sp³-hybridized carbons (Fsp3) is 0.429. The molecule has 5 nitrogen and oxygen atoms in total. The molecule has 0 aliphatic carbocycles. The Morgan fingerprint density at radius 1 is 1.32 bits per heavy atom. The number of aliphatic carboxylic acids is 1. The average molecular weight is 265 g/mol. The fourth-order valence-corrected chi connectivity index (χ4v) is 1.30. The van der Waals surface area contributed by atoms with Crippen molar-refractivity contribution in [1.82, 2.24) is 5.32 Å². The second-order valence-corrected chi connectivity index (χ2v) is 5.02. The van der Waals surface area contributed by atoms with Crippen LogP contribution in [0.25, 0.3) is 0 Å². The molecule has 1 aromatic carbocycles. The number of carbonyl (C=O) groups is 2. The van der Waals surface area contributed by atoms with Crippen molar-refractivity contribution in [1.29, 1.82) is 0 Å². The fourth-order valence-electron chi connectivity index (χ4n) is 1.30. The van der Waals surface area contributed by atoms with Crippen molar-refractivity contribution in [2.45, 2.75) is 26.8 Å². The standard InChI is InChI=1S/C14H19NO4/c1-10(12(16)17)15-13(18)14(2,3)9-19-11-7-5-4-6-8-11/h4-8,10H,9H2,1-3H3,(H,15,18)(H,16,17). The number of benzene rings is 1. The molecule has 1 unspecified atom stereocenters. The van der Waals surface area contributed by atoms with Crippen molar-refractivity contribution in [2.24, 2.45) is 5.41 Å². The molecule has 0 heterocycles. The van der Waals surface area contributed by atoms with Crippen LogP contribution in [0.3, 0.4) is 0 Å². The Hall–Kier alpha value is -2.04. The topological polar surface area (TPSA) is 75.6 Å². The van der Waals surface area contributed by atoms with E-state index in [1.807, 2.05) is 18.2 Å². The van der Waals surface area contributed by atoms with Crippen LogP contribution in [-0.4, -0.2) is 29.6 Å². The third-order valence-corrected chi connectivity index (χ3v) is 2.68. The first-order valence-electron chi connectivity index (χ1n) is 6.04. The van der Waals surface area contributed by atoms with Gasteiger partial charge < -0.3 is 15.2 Å². The van der Waals surface area contributed by atoms with Crippen LogP contribution in [0.15, 0.2) is 30.3 Å². The van der Waals surface area contributed by atoms with Gasteiger partial charge in [0.05, 0.1) is 5.41 Å². The summed E-state index contributed by atoms with van der Waals surface area (Å²) in [4.78, 5) is 22.6. The van der Waals surface area contributed by atoms with E-state index in [-0.39, 0.29) is 12.5 Å². The minimum absolute atomic E-state index is 0.176. The zero-order valence-electron chi connectivity index (χ0n) is 11.3. The Bertz CT molecular complexity index is 442. The molecule has 104 valence electrons. The molecule has 0 fully saturated rings. The van der Waals surface area contributed by atoms with Gasteiger partial charge in [-0.25, -0.2) is 0 Å². The van der Waals surface area contributed by atoms with Gasteiger partial charge in [-0.1, -0.05) is 18.2 Å². The number of carbonyl (C=O) groups excluding carboxylic acids is 1. The third-order valence-electron chi connectivity index (χ3n) is 2.68. The maximum Gasteiger partial charge on any atom is 0.325 e. The highest BCUT2D eigenvalue weighted by molar-refractivity contribution is 5.86. The van der Waals surface area contributed by atoms with Crippen LogP contribution >= 0.6 is 0 Å². The lowest BCUT2D eigenvalue weighted by Crippen LogP contribution is -2.47. The lowest BCUT2D eigenvalue weighted by Gasteiger charge is -2.25. The molecule has 0 aliphatic rings. The summed E-state index contributed by atoms with van der Waals surface area (Å²) in [6.45, 7) is 5.02. The normalized spacial score (nSPS) is 12.6. The molecule has 0 spiro atoms. The lowest BCUT2D eigenvalue weighted by molar-refractivity contribution is -0.143. The summed E-state index contributed by atoms with van der Waals surface area (Å²) in [6, 6.07) is 8.24. The van der Waals surface area contributed by atoms with Gasteiger partial charge in [0, 0.05) is 0 Å². The molecule has 0 aliphatic heterocycles. The molecule has 19 heavy (non-hydrogen) atoms. The number of rotatable bonds is 6. The van der Waals surface area contributed by atoms with Crippen LogP contribution in [0.1, 0.15) is 20.8 Å². The van der Waals surface area contributed by atoms with Gasteiger partial charge in [0.25, 0.3) is 0 Å². The summed E-state index contributed by atoms with van der Waals surface area (Å²) >= 11 is 0. The summed E-state index contributed by atoms with van der Waals surface area (Å²) in [5, 5.41) is 11.2. The Morgan fingerprint density at radius 3 is 2.42 bits per heavy atom. The van der Waals surface area contributed by atoms with E-state index in [0.29, 0.717) is 5.75 Å². The number of carboxylic acid groups (broad SMARTS) is 1. The second-order valence-electron chi connectivity index (χ2n) is 5.02. The van der Waals surface area contributed by atoms with E-state index in [2.05, 4.69) is 5.32 Å². The lowest BCUT2D eigenvalue weighted by atomic mass is 9.93. The summed E-state index contributed by atoms with van der Waals surface area (Å²) in [7, 11) is 0. The van der Waals surface area contributed by atoms with E-state index in [1.54, 1.807) is 26.0 Å². The summed E-state index contributed by atoms with van der Waals surface area (Å²) in [6.07, 6.45) is 0. The SMILES string of the molecule is CC(NC(=O)C(C)(C)COc1ccccc1)C(=O)O. The van der Waals surface area contributed by atoms with Gasteiger partial charge in [-0.2, -0.15) is 0 Å². The first-order chi connectivity index (χ1) is 8.83. The van der Waals surface area contributed by atoms with Gasteiger partial charge >= 0.3 is 5.97 Å². The van der Waals surface area contributed by atoms with Crippen LogP contribution in [0.4, 0.5) is 0 Å². The Kier molecular flexibility index (Phi) is 4.92. The van der Waals surface area contributed by atoms with Gasteiger partial charge in [-0.15, -0.1) is 0 Å². The van der Waals surface area contributed by atoms with Crippen molar-refractivity contribution < 1.29 is 19.4 Å². The zero-order valence-corrected chi connectivity index (χ0v) is 11.3. The predicted octanol–water partition coefficient (Wildman–Crippen LogP) is 1.68. The van der Waals surface area contributed by atoms with E-state index in [1.165, 1.54) is 6.92 Å². The Labute approximate surface area is 112 Å². The molecular weight excluding hydrogens is 246 g/mol. The largest absolute Gasteiger partial charge is 0.492 e. The minimum atomic E-state index is -1.06. The predicted molar refractivity (Wildman–Crippen MR) is 71.0 cm³/mol. The van der Waals surface area contributed by atoms with E-state index in [4.69, 9.17) is 9.84 Å². The molecule has 0 aromatic heterocycles. The molecule has 0 saturated carbocycles. The Balaban J connectivity index is 2.55. The van der Waals surface area contributed by atoms with Crippen molar-refractivity contribution in [3.63, 3.8) is 0 Å².